The minimum atomic E-state index is 0.0214. The summed E-state index contributed by atoms with van der Waals surface area (Å²) in [5.41, 5.74) is 13.2. The average Bonchev–Trinajstić information content (AvgIpc) is 2.95. The molecule has 0 aromatic carbocycles. The van der Waals surface area contributed by atoms with E-state index in [-0.39, 0.29) is 6.10 Å². The fourth-order valence-electron chi connectivity index (χ4n) is 2.93. The number of ether oxygens (including phenoxy) is 1. The maximum absolute atomic E-state index is 6.04. The number of aromatic nitrogens is 4. The molecular formula is C18H32N6O. The Bertz CT molecular complexity index is 667. The Labute approximate surface area is 150 Å². The number of nitrogen functional groups attached to an aromatic ring is 1. The van der Waals surface area contributed by atoms with Crippen LogP contribution >= 0.6 is 0 Å². The second-order valence-corrected chi connectivity index (χ2v) is 6.74. The summed E-state index contributed by atoms with van der Waals surface area (Å²) >= 11 is 0. The van der Waals surface area contributed by atoms with E-state index in [9.17, 15) is 0 Å². The van der Waals surface area contributed by atoms with Gasteiger partial charge in [0.25, 0.3) is 5.88 Å². The molecule has 0 spiro atoms. The van der Waals surface area contributed by atoms with E-state index < -0.39 is 0 Å². The van der Waals surface area contributed by atoms with Gasteiger partial charge < -0.3 is 20.8 Å². The van der Waals surface area contributed by atoms with Gasteiger partial charge in [0.05, 0.1) is 6.10 Å². The van der Waals surface area contributed by atoms with Gasteiger partial charge in [-0.1, -0.05) is 26.2 Å². The topological polar surface area (TPSA) is 105 Å². The molecule has 0 fully saturated rings. The molecule has 0 unspecified atom stereocenters. The predicted octanol–water partition coefficient (Wildman–Crippen LogP) is 3.06. The molecule has 7 heteroatoms. The predicted molar refractivity (Wildman–Crippen MR) is 102 cm³/mol. The van der Waals surface area contributed by atoms with Gasteiger partial charge in [-0.15, -0.1) is 10.2 Å². The Morgan fingerprint density at radius 1 is 1.08 bits per heavy atom. The molecule has 0 saturated carbocycles. The summed E-state index contributed by atoms with van der Waals surface area (Å²) in [5.74, 6) is 1.94. The normalized spacial score (nSPS) is 11.6. The monoisotopic (exact) mass is 348 g/mol. The summed E-state index contributed by atoms with van der Waals surface area (Å²) in [6.45, 7) is 7.79. The molecular weight excluding hydrogens is 316 g/mol. The lowest BCUT2D eigenvalue weighted by atomic mass is 10.2. The summed E-state index contributed by atoms with van der Waals surface area (Å²) in [5, 5.41) is 8.21. The number of imidazole rings is 1. The lowest BCUT2D eigenvalue weighted by molar-refractivity contribution is 0.232. The highest BCUT2D eigenvalue weighted by Crippen LogP contribution is 2.29. The molecule has 0 bridgehead atoms. The number of nitrogens with two attached hydrogens (primary N) is 2. The quantitative estimate of drug-likeness (QED) is 0.605. The van der Waals surface area contributed by atoms with Crippen LogP contribution in [0, 0.1) is 0 Å². The maximum Gasteiger partial charge on any atom is 0.260 e. The SMILES string of the molecule is CCCCc1nc2c(N)nnc(OC(C)C)c2n1CCCCCCN. The van der Waals surface area contributed by atoms with Gasteiger partial charge in [-0.05, 0) is 39.7 Å². The van der Waals surface area contributed by atoms with Gasteiger partial charge in [0.2, 0.25) is 0 Å². The minimum Gasteiger partial charge on any atom is -0.472 e. The van der Waals surface area contributed by atoms with Crippen LogP contribution in [-0.4, -0.2) is 32.4 Å². The maximum atomic E-state index is 6.04. The van der Waals surface area contributed by atoms with Crippen LogP contribution in [0.3, 0.4) is 0 Å². The number of nitrogens with zero attached hydrogens (tertiary/aromatic N) is 4. The smallest absolute Gasteiger partial charge is 0.260 e. The zero-order valence-corrected chi connectivity index (χ0v) is 15.8. The molecule has 0 amide bonds. The second-order valence-electron chi connectivity index (χ2n) is 6.74. The van der Waals surface area contributed by atoms with E-state index in [1.807, 2.05) is 13.8 Å². The van der Waals surface area contributed by atoms with Gasteiger partial charge in [-0.25, -0.2) is 4.98 Å². The molecule has 0 atom stereocenters. The number of fused-ring (bicyclic) bond motifs is 1. The van der Waals surface area contributed by atoms with Crippen LogP contribution < -0.4 is 16.2 Å². The largest absolute Gasteiger partial charge is 0.472 e. The van der Waals surface area contributed by atoms with Crippen molar-refractivity contribution >= 4 is 16.9 Å². The standard InChI is InChI=1S/C18H32N6O/c1-4-5-10-14-21-15-16(24(14)12-9-7-6-8-11-19)18(25-13(2)3)23-22-17(15)20/h13H,4-12,19H2,1-3H3,(H2,20,22). The molecule has 0 aliphatic rings. The van der Waals surface area contributed by atoms with Crippen molar-refractivity contribution in [1.29, 1.82) is 0 Å². The van der Waals surface area contributed by atoms with Crippen LogP contribution in [-0.2, 0) is 13.0 Å². The van der Waals surface area contributed by atoms with Crippen LogP contribution in [0.1, 0.15) is 65.1 Å². The van der Waals surface area contributed by atoms with E-state index >= 15 is 0 Å². The molecule has 0 aliphatic heterocycles. The van der Waals surface area contributed by atoms with Crippen molar-refractivity contribution in [3.63, 3.8) is 0 Å². The third kappa shape index (κ3) is 5.04. The minimum absolute atomic E-state index is 0.0214. The van der Waals surface area contributed by atoms with Crippen LogP contribution in [0.4, 0.5) is 5.82 Å². The molecule has 2 aromatic rings. The first-order chi connectivity index (χ1) is 12.1. The molecule has 2 aromatic heterocycles. The highest BCUT2D eigenvalue weighted by Gasteiger charge is 2.20. The fraction of sp³-hybridized carbons (Fsp3) is 0.722. The molecule has 2 heterocycles. The van der Waals surface area contributed by atoms with E-state index in [2.05, 4.69) is 21.7 Å². The number of aryl methyl sites for hydroxylation is 2. The lowest BCUT2D eigenvalue weighted by Gasteiger charge is -2.13. The Balaban J connectivity index is 2.35. The Kier molecular flexibility index (Phi) is 7.43. The average molecular weight is 348 g/mol. The van der Waals surface area contributed by atoms with Crippen molar-refractivity contribution in [1.82, 2.24) is 19.7 Å². The highest BCUT2D eigenvalue weighted by atomic mass is 16.5. The van der Waals surface area contributed by atoms with Gasteiger partial charge in [0, 0.05) is 13.0 Å². The van der Waals surface area contributed by atoms with Crippen molar-refractivity contribution < 1.29 is 4.74 Å². The summed E-state index contributed by atoms with van der Waals surface area (Å²) in [6.07, 6.45) is 7.63. The Morgan fingerprint density at radius 2 is 1.84 bits per heavy atom. The van der Waals surface area contributed by atoms with Gasteiger partial charge in [0.1, 0.15) is 16.9 Å². The summed E-state index contributed by atoms with van der Waals surface area (Å²) < 4.78 is 8.11. The van der Waals surface area contributed by atoms with E-state index in [4.69, 9.17) is 21.2 Å². The molecule has 25 heavy (non-hydrogen) atoms. The first-order valence-corrected chi connectivity index (χ1v) is 9.46. The molecule has 4 N–H and O–H groups in total. The third-order valence-electron chi connectivity index (χ3n) is 4.18. The second kappa shape index (κ2) is 9.56. The summed E-state index contributed by atoms with van der Waals surface area (Å²) in [4.78, 5) is 4.77. The Morgan fingerprint density at radius 3 is 2.52 bits per heavy atom. The van der Waals surface area contributed by atoms with Crippen LogP contribution in [0.25, 0.3) is 11.0 Å². The molecule has 0 saturated heterocycles. The van der Waals surface area contributed by atoms with Crippen molar-refractivity contribution in [2.45, 2.75) is 78.4 Å². The molecule has 0 aliphatic carbocycles. The number of hydrogen-bond acceptors (Lipinski definition) is 6. The molecule has 2 rings (SSSR count). The number of anilines is 1. The molecule has 140 valence electrons. The molecule has 7 nitrogen and oxygen atoms in total. The zero-order chi connectivity index (χ0) is 18.2. The van der Waals surface area contributed by atoms with Crippen molar-refractivity contribution in [2.75, 3.05) is 12.3 Å². The van der Waals surface area contributed by atoms with Crippen molar-refractivity contribution in [3.05, 3.63) is 5.82 Å². The molecule has 0 radical (unpaired) electrons. The number of rotatable bonds is 11. The van der Waals surface area contributed by atoms with E-state index in [0.29, 0.717) is 17.2 Å². The number of unbranched alkanes of at least 4 members (excludes halogenated alkanes) is 4. The van der Waals surface area contributed by atoms with E-state index in [0.717, 1.165) is 69.4 Å². The van der Waals surface area contributed by atoms with Gasteiger partial charge in [-0.3, -0.25) is 0 Å². The summed E-state index contributed by atoms with van der Waals surface area (Å²) in [7, 11) is 0. The third-order valence-corrected chi connectivity index (χ3v) is 4.18. The van der Waals surface area contributed by atoms with Crippen molar-refractivity contribution in [3.8, 4) is 5.88 Å². The Hall–Kier alpha value is -1.89. The zero-order valence-electron chi connectivity index (χ0n) is 15.8. The van der Waals surface area contributed by atoms with Crippen molar-refractivity contribution in [2.24, 2.45) is 5.73 Å². The van der Waals surface area contributed by atoms with Gasteiger partial charge >= 0.3 is 0 Å². The summed E-state index contributed by atoms with van der Waals surface area (Å²) in [6, 6.07) is 0. The first kappa shape index (κ1) is 19.4. The lowest BCUT2D eigenvalue weighted by Crippen LogP contribution is -2.11. The van der Waals surface area contributed by atoms with E-state index in [1.54, 1.807) is 0 Å². The van der Waals surface area contributed by atoms with Gasteiger partial charge in [-0.2, -0.15) is 0 Å². The fourth-order valence-corrected chi connectivity index (χ4v) is 2.93. The van der Waals surface area contributed by atoms with E-state index in [1.165, 1.54) is 0 Å². The highest BCUT2D eigenvalue weighted by molar-refractivity contribution is 5.88. The van der Waals surface area contributed by atoms with Gasteiger partial charge in [0.15, 0.2) is 5.82 Å². The van der Waals surface area contributed by atoms with Crippen LogP contribution in [0.5, 0.6) is 5.88 Å². The van der Waals surface area contributed by atoms with Crippen LogP contribution in [0.2, 0.25) is 0 Å². The number of hydrogen-bond donors (Lipinski definition) is 2. The van der Waals surface area contributed by atoms with Crippen LogP contribution in [0.15, 0.2) is 0 Å². The first-order valence-electron chi connectivity index (χ1n) is 9.46.